The molecule has 0 saturated carbocycles. The van der Waals surface area contributed by atoms with E-state index in [4.69, 9.17) is 4.98 Å². The summed E-state index contributed by atoms with van der Waals surface area (Å²) in [5.74, 6) is 1.12. The second kappa shape index (κ2) is 8.49. The highest BCUT2D eigenvalue weighted by Crippen LogP contribution is 2.22. The Morgan fingerprint density at radius 1 is 0.967 bits per heavy atom. The van der Waals surface area contributed by atoms with E-state index in [1.54, 1.807) is 23.1 Å². The lowest BCUT2D eigenvalue weighted by Gasteiger charge is -2.35. The molecular weight excluding hydrogens is 381 g/mol. The third-order valence-corrected chi connectivity index (χ3v) is 5.12. The molecule has 154 valence electrons. The molecule has 0 spiro atoms. The molecule has 4 rings (SSSR count). The van der Waals surface area contributed by atoms with Crippen LogP contribution < -0.4 is 10.2 Å². The lowest BCUT2D eigenvalue weighted by Crippen LogP contribution is -2.50. The van der Waals surface area contributed by atoms with Crippen LogP contribution >= 0.6 is 0 Å². The van der Waals surface area contributed by atoms with Crippen LogP contribution in [0.5, 0.6) is 0 Å². The fourth-order valence-electron chi connectivity index (χ4n) is 3.52. The number of hydrogen-bond acceptors (Lipinski definition) is 4. The minimum absolute atomic E-state index is 0.194. The zero-order valence-electron chi connectivity index (χ0n) is 17.1. The number of halogens is 1. The minimum atomic E-state index is -0.440. The summed E-state index contributed by atoms with van der Waals surface area (Å²) in [7, 11) is 0. The molecule has 1 saturated heterocycles. The Kier molecular flexibility index (Phi) is 5.61. The predicted octanol–water partition coefficient (Wildman–Crippen LogP) is 4.25. The van der Waals surface area contributed by atoms with Crippen LogP contribution in [0.4, 0.5) is 20.7 Å². The van der Waals surface area contributed by atoms with Crippen molar-refractivity contribution < 1.29 is 9.18 Å². The van der Waals surface area contributed by atoms with E-state index in [1.165, 1.54) is 6.07 Å². The number of aromatic nitrogens is 2. The zero-order valence-corrected chi connectivity index (χ0v) is 17.1. The average molecular weight is 405 g/mol. The lowest BCUT2D eigenvalue weighted by molar-refractivity contribution is 0.208. The normalized spacial score (nSPS) is 14.0. The standard InChI is InChI=1S/C23H24FN5O/c1-16-6-5-7-18(14-16)22-25-17(2)15-21(27-22)28-10-12-29(13-11-28)23(30)26-20-9-4-3-8-19(20)24/h3-9,14-15H,10-13H2,1-2H3,(H,26,30). The molecule has 3 aromatic rings. The molecular formula is C23H24FN5O. The molecule has 2 heterocycles. The van der Waals surface area contributed by atoms with Gasteiger partial charge in [0.2, 0.25) is 0 Å². The number of carbonyl (C=O) groups excluding carboxylic acids is 1. The van der Waals surface area contributed by atoms with Crippen LogP contribution in [0, 0.1) is 19.7 Å². The first-order valence-corrected chi connectivity index (χ1v) is 9.98. The fourth-order valence-corrected chi connectivity index (χ4v) is 3.52. The van der Waals surface area contributed by atoms with Gasteiger partial charge in [-0.2, -0.15) is 0 Å². The summed E-state index contributed by atoms with van der Waals surface area (Å²) in [4.78, 5) is 25.7. The van der Waals surface area contributed by atoms with Crippen molar-refractivity contribution in [3.8, 4) is 11.4 Å². The second-order valence-corrected chi connectivity index (χ2v) is 7.44. The summed E-state index contributed by atoms with van der Waals surface area (Å²) < 4.78 is 13.8. The van der Waals surface area contributed by atoms with Gasteiger partial charge in [-0.25, -0.2) is 19.2 Å². The van der Waals surface area contributed by atoms with Gasteiger partial charge >= 0.3 is 6.03 Å². The number of nitrogens with one attached hydrogen (secondary N) is 1. The maximum Gasteiger partial charge on any atom is 0.322 e. The number of amides is 2. The highest BCUT2D eigenvalue weighted by Gasteiger charge is 2.23. The summed E-state index contributed by atoms with van der Waals surface area (Å²) in [6, 6.07) is 16.0. The average Bonchev–Trinajstić information content (AvgIpc) is 2.75. The first-order valence-electron chi connectivity index (χ1n) is 9.98. The number of rotatable bonds is 3. The molecule has 1 aromatic heterocycles. The van der Waals surface area contributed by atoms with Crippen LogP contribution in [-0.4, -0.2) is 47.1 Å². The summed E-state index contributed by atoms with van der Waals surface area (Å²) in [6.45, 7) is 6.36. The predicted molar refractivity (Wildman–Crippen MR) is 116 cm³/mol. The maximum atomic E-state index is 13.8. The summed E-state index contributed by atoms with van der Waals surface area (Å²) in [6.07, 6.45) is 0. The Morgan fingerprint density at radius 3 is 2.47 bits per heavy atom. The smallest absolute Gasteiger partial charge is 0.322 e. The Labute approximate surface area is 175 Å². The zero-order chi connectivity index (χ0) is 21.1. The van der Waals surface area contributed by atoms with Crippen LogP contribution in [0.1, 0.15) is 11.3 Å². The molecule has 2 amide bonds. The van der Waals surface area contributed by atoms with E-state index in [-0.39, 0.29) is 11.7 Å². The third kappa shape index (κ3) is 4.40. The van der Waals surface area contributed by atoms with Gasteiger partial charge in [0.15, 0.2) is 5.82 Å². The van der Waals surface area contributed by atoms with Gasteiger partial charge in [-0.05, 0) is 32.0 Å². The highest BCUT2D eigenvalue weighted by molar-refractivity contribution is 5.89. The number of hydrogen-bond donors (Lipinski definition) is 1. The van der Waals surface area contributed by atoms with Gasteiger partial charge in [0.05, 0.1) is 5.69 Å². The topological polar surface area (TPSA) is 61.4 Å². The molecule has 0 atom stereocenters. The van der Waals surface area contributed by atoms with Crippen molar-refractivity contribution in [1.82, 2.24) is 14.9 Å². The maximum absolute atomic E-state index is 13.8. The third-order valence-electron chi connectivity index (χ3n) is 5.12. The van der Waals surface area contributed by atoms with Crippen LogP contribution in [-0.2, 0) is 0 Å². The molecule has 30 heavy (non-hydrogen) atoms. The Hall–Kier alpha value is -3.48. The van der Waals surface area contributed by atoms with Gasteiger partial charge in [-0.1, -0.05) is 35.9 Å². The van der Waals surface area contributed by atoms with Gasteiger partial charge in [-0.15, -0.1) is 0 Å². The van der Waals surface area contributed by atoms with E-state index in [9.17, 15) is 9.18 Å². The summed E-state index contributed by atoms with van der Waals surface area (Å²) in [5.41, 5.74) is 3.24. The number of piperazine rings is 1. The van der Waals surface area contributed by atoms with E-state index in [0.717, 1.165) is 22.6 Å². The molecule has 0 radical (unpaired) electrons. The van der Waals surface area contributed by atoms with E-state index in [1.807, 2.05) is 38.1 Å². The van der Waals surface area contributed by atoms with Gasteiger partial charge in [0, 0.05) is 43.5 Å². The van der Waals surface area contributed by atoms with E-state index >= 15 is 0 Å². The Bertz CT molecular complexity index is 1060. The molecule has 0 bridgehead atoms. The lowest BCUT2D eigenvalue weighted by atomic mass is 10.1. The van der Waals surface area contributed by atoms with Crippen LogP contribution in [0.25, 0.3) is 11.4 Å². The first kappa shape index (κ1) is 19.8. The molecule has 0 unspecified atom stereocenters. The largest absolute Gasteiger partial charge is 0.353 e. The minimum Gasteiger partial charge on any atom is -0.353 e. The van der Waals surface area contributed by atoms with Crippen LogP contribution in [0.3, 0.4) is 0 Å². The number of nitrogens with zero attached hydrogens (tertiary/aromatic N) is 4. The number of para-hydroxylation sites is 1. The van der Waals surface area contributed by atoms with Crippen molar-refractivity contribution in [1.29, 1.82) is 0 Å². The van der Waals surface area contributed by atoms with Crippen molar-refractivity contribution in [3.63, 3.8) is 0 Å². The first-order chi connectivity index (χ1) is 14.5. The summed E-state index contributed by atoms with van der Waals surface area (Å²) in [5, 5.41) is 2.65. The second-order valence-electron chi connectivity index (χ2n) is 7.44. The Morgan fingerprint density at radius 2 is 1.73 bits per heavy atom. The number of aryl methyl sites for hydroxylation is 2. The van der Waals surface area contributed by atoms with E-state index in [0.29, 0.717) is 32.0 Å². The molecule has 7 heteroatoms. The van der Waals surface area contributed by atoms with Gasteiger partial charge in [-0.3, -0.25) is 0 Å². The molecule has 0 aliphatic carbocycles. The van der Waals surface area contributed by atoms with Crippen LogP contribution in [0.15, 0.2) is 54.6 Å². The monoisotopic (exact) mass is 405 g/mol. The van der Waals surface area contributed by atoms with Gasteiger partial charge in [0.1, 0.15) is 11.6 Å². The molecule has 1 fully saturated rings. The fraction of sp³-hybridized carbons (Fsp3) is 0.261. The van der Waals surface area contributed by atoms with Crippen molar-refractivity contribution in [3.05, 3.63) is 71.7 Å². The van der Waals surface area contributed by atoms with Crippen molar-refractivity contribution in [2.75, 3.05) is 36.4 Å². The van der Waals surface area contributed by atoms with Crippen molar-refractivity contribution >= 4 is 17.5 Å². The molecule has 2 aromatic carbocycles. The molecule has 1 N–H and O–H groups in total. The highest BCUT2D eigenvalue weighted by atomic mass is 19.1. The molecule has 1 aliphatic rings. The SMILES string of the molecule is Cc1cccc(-c2nc(C)cc(N3CCN(C(=O)Nc4ccccc4F)CC3)n2)c1. The van der Waals surface area contributed by atoms with E-state index in [2.05, 4.69) is 21.3 Å². The number of carbonyl (C=O) groups is 1. The summed E-state index contributed by atoms with van der Waals surface area (Å²) >= 11 is 0. The van der Waals surface area contributed by atoms with Gasteiger partial charge < -0.3 is 15.1 Å². The van der Waals surface area contributed by atoms with Crippen molar-refractivity contribution in [2.45, 2.75) is 13.8 Å². The van der Waals surface area contributed by atoms with Gasteiger partial charge in [0.25, 0.3) is 0 Å². The van der Waals surface area contributed by atoms with E-state index < -0.39 is 5.82 Å². The van der Waals surface area contributed by atoms with Crippen molar-refractivity contribution in [2.24, 2.45) is 0 Å². The Balaban J connectivity index is 1.44. The quantitative estimate of drug-likeness (QED) is 0.708. The van der Waals surface area contributed by atoms with Crippen LogP contribution in [0.2, 0.25) is 0 Å². The number of benzene rings is 2. The molecule has 6 nitrogen and oxygen atoms in total. The molecule has 1 aliphatic heterocycles. The number of anilines is 2. The number of urea groups is 1.